The number of fused-ring (bicyclic) bond motifs is 1. The molecule has 0 unspecified atom stereocenters. The number of hydrogen-bond donors (Lipinski definition) is 0. The van der Waals surface area contributed by atoms with Gasteiger partial charge < -0.3 is 14.4 Å². The number of methoxy groups -OCH3 is 2. The fraction of sp³-hybridized carbons (Fsp3) is 0.471. The lowest BCUT2D eigenvalue weighted by atomic mass is 10.1. The predicted molar refractivity (Wildman–Crippen MR) is 103 cm³/mol. The number of aliphatic imine (C=N–C) groups is 1. The van der Waals surface area contributed by atoms with Crippen molar-refractivity contribution in [1.82, 2.24) is 0 Å². The molecule has 3 rings (SSSR count). The monoisotopic (exact) mass is 382 g/mol. The Labute approximate surface area is 152 Å². The van der Waals surface area contributed by atoms with E-state index in [1.54, 1.807) is 32.0 Å². The minimum atomic E-state index is -3.07. The van der Waals surface area contributed by atoms with E-state index in [1.807, 2.05) is 24.0 Å². The Morgan fingerprint density at radius 1 is 1.36 bits per heavy atom. The molecule has 1 fully saturated rings. The van der Waals surface area contributed by atoms with Gasteiger partial charge in [0.25, 0.3) is 0 Å². The summed E-state index contributed by atoms with van der Waals surface area (Å²) in [6.07, 6.45) is 0. The summed E-state index contributed by atoms with van der Waals surface area (Å²) in [5.41, 5.74) is 1.85. The second-order valence-electron chi connectivity index (χ2n) is 6.28. The first kappa shape index (κ1) is 18.1. The van der Waals surface area contributed by atoms with Gasteiger partial charge in [-0.15, -0.1) is 0 Å². The summed E-state index contributed by atoms with van der Waals surface area (Å²) in [6.45, 7) is 5.90. The number of anilines is 1. The van der Waals surface area contributed by atoms with Gasteiger partial charge in [0, 0.05) is 11.8 Å². The van der Waals surface area contributed by atoms with Crippen LogP contribution in [0.15, 0.2) is 35.3 Å². The molecule has 2 atom stereocenters. The molecule has 0 saturated carbocycles. The predicted octanol–water partition coefficient (Wildman–Crippen LogP) is 2.35. The molecule has 6 nitrogen and oxygen atoms in total. The van der Waals surface area contributed by atoms with E-state index >= 15 is 0 Å². The molecule has 0 N–H and O–H groups in total. The van der Waals surface area contributed by atoms with Crippen LogP contribution in [0, 0.1) is 0 Å². The average Bonchev–Trinajstić information content (AvgIpc) is 3.03. The second kappa shape index (κ2) is 6.92. The fourth-order valence-corrected chi connectivity index (χ4v) is 5.89. The summed E-state index contributed by atoms with van der Waals surface area (Å²) in [5, 5.41) is 0.816. The molecule has 2 aliphatic rings. The van der Waals surface area contributed by atoms with Crippen molar-refractivity contribution in [3.05, 3.63) is 30.4 Å². The molecule has 1 aromatic carbocycles. The molecule has 8 heteroatoms. The third-order valence-electron chi connectivity index (χ3n) is 4.20. The minimum Gasteiger partial charge on any atom is -0.497 e. The Balaban J connectivity index is 2.01. The zero-order valence-corrected chi connectivity index (χ0v) is 16.2. The van der Waals surface area contributed by atoms with Crippen LogP contribution in [0.5, 0.6) is 11.5 Å². The first-order chi connectivity index (χ1) is 11.8. The van der Waals surface area contributed by atoms with Gasteiger partial charge in [-0.1, -0.05) is 23.9 Å². The standard InChI is InChI=1S/C17H22N2O4S2/c1-11(2)8-24-17-18-13-9-25(20,21)10-15(13)19(17)14-6-5-12(22-3)7-16(14)23-4/h5-7,13,15H,1,8-10H2,2-4H3/t13-,15-/m0/s1. The minimum absolute atomic E-state index is 0.101. The van der Waals surface area contributed by atoms with Crippen molar-refractivity contribution in [3.63, 3.8) is 0 Å². The van der Waals surface area contributed by atoms with Crippen molar-refractivity contribution in [2.24, 2.45) is 4.99 Å². The van der Waals surface area contributed by atoms with Gasteiger partial charge in [-0.05, 0) is 19.1 Å². The fourth-order valence-electron chi connectivity index (χ4n) is 3.09. The summed E-state index contributed by atoms with van der Waals surface area (Å²) >= 11 is 1.58. The maximum atomic E-state index is 12.1. The number of hydrogen-bond acceptors (Lipinski definition) is 7. The van der Waals surface area contributed by atoms with Gasteiger partial charge in [-0.25, -0.2) is 8.42 Å². The maximum Gasteiger partial charge on any atom is 0.164 e. The second-order valence-corrected chi connectivity index (χ2v) is 9.37. The maximum absolute atomic E-state index is 12.1. The molecule has 1 aromatic rings. The molecule has 1 saturated heterocycles. The molecule has 2 heterocycles. The van der Waals surface area contributed by atoms with Crippen LogP contribution in [0.4, 0.5) is 5.69 Å². The molecule has 0 aromatic heterocycles. The molecule has 25 heavy (non-hydrogen) atoms. The quantitative estimate of drug-likeness (QED) is 0.728. The first-order valence-electron chi connectivity index (χ1n) is 7.91. The number of sulfone groups is 1. The lowest BCUT2D eigenvalue weighted by Crippen LogP contribution is -2.39. The summed E-state index contributed by atoms with van der Waals surface area (Å²) < 4.78 is 34.9. The summed E-state index contributed by atoms with van der Waals surface area (Å²) in [7, 11) is 0.114. The molecule has 0 spiro atoms. The number of benzene rings is 1. The van der Waals surface area contributed by atoms with Crippen LogP contribution in [0.25, 0.3) is 0 Å². The largest absolute Gasteiger partial charge is 0.497 e. The smallest absolute Gasteiger partial charge is 0.164 e. The molecule has 0 amide bonds. The Bertz CT molecular complexity index is 820. The Kier molecular flexibility index (Phi) is 5.02. The Morgan fingerprint density at radius 3 is 2.76 bits per heavy atom. The van der Waals surface area contributed by atoms with Gasteiger partial charge in [0.15, 0.2) is 15.0 Å². The summed E-state index contributed by atoms with van der Waals surface area (Å²) in [4.78, 5) is 6.69. The zero-order chi connectivity index (χ0) is 18.2. The summed E-state index contributed by atoms with van der Waals surface area (Å²) in [6, 6.07) is 5.11. The summed E-state index contributed by atoms with van der Waals surface area (Å²) in [5.74, 6) is 2.26. The first-order valence-corrected chi connectivity index (χ1v) is 10.7. The Morgan fingerprint density at radius 2 is 2.12 bits per heavy atom. The molecule has 0 radical (unpaired) electrons. The van der Waals surface area contributed by atoms with Crippen molar-refractivity contribution < 1.29 is 17.9 Å². The Hall–Kier alpha value is -1.67. The van der Waals surface area contributed by atoms with Crippen LogP contribution in [0.3, 0.4) is 0 Å². The molecular formula is C17H22N2O4S2. The van der Waals surface area contributed by atoms with Crippen molar-refractivity contribution >= 4 is 32.5 Å². The van der Waals surface area contributed by atoms with Gasteiger partial charge in [0.1, 0.15) is 11.5 Å². The van der Waals surface area contributed by atoms with Crippen LogP contribution in [0.1, 0.15) is 6.92 Å². The normalized spacial score (nSPS) is 24.0. The average molecular weight is 383 g/mol. The van der Waals surface area contributed by atoms with E-state index in [0.29, 0.717) is 11.5 Å². The molecule has 0 aliphatic carbocycles. The van der Waals surface area contributed by atoms with E-state index < -0.39 is 9.84 Å². The van der Waals surface area contributed by atoms with Gasteiger partial charge in [0.05, 0.1) is 43.5 Å². The molecule has 136 valence electrons. The van der Waals surface area contributed by atoms with Crippen LogP contribution in [-0.2, 0) is 9.84 Å². The van der Waals surface area contributed by atoms with Crippen LogP contribution in [-0.4, -0.2) is 57.1 Å². The third-order valence-corrected chi connectivity index (χ3v) is 7.10. The zero-order valence-electron chi connectivity index (χ0n) is 14.6. The van der Waals surface area contributed by atoms with Gasteiger partial charge in [-0.3, -0.25) is 4.99 Å². The molecular weight excluding hydrogens is 360 g/mol. The van der Waals surface area contributed by atoms with Crippen LogP contribution in [0.2, 0.25) is 0 Å². The highest BCUT2D eigenvalue weighted by molar-refractivity contribution is 8.14. The number of thioether (sulfide) groups is 1. The number of nitrogens with zero attached hydrogens (tertiary/aromatic N) is 2. The van der Waals surface area contributed by atoms with Gasteiger partial charge in [0.2, 0.25) is 0 Å². The topological polar surface area (TPSA) is 68.2 Å². The number of rotatable bonds is 5. The van der Waals surface area contributed by atoms with Crippen molar-refractivity contribution in [2.75, 3.05) is 36.4 Å². The van der Waals surface area contributed by atoms with E-state index in [0.717, 1.165) is 22.2 Å². The van der Waals surface area contributed by atoms with E-state index in [2.05, 4.69) is 6.58 Å². The van der Waals surface area contributed by atoms with E-state index in [-0.39, 0.29) is 23.6 Å². The highest BCUT2D eigenvalue weighted by Gasteiger charge is 2.47. The van der Waals surface area contributed by atoms with Crippen molar-refractivity contribution in [2.45, 2.75) is 19.0 Å². The van der Waals surface area contributed by atoms with E-state index in [1.165, 1.54) is 0 Å². The molecule has 2 aliphatic heterocycles. The van der Waals surface area contributed by atoms with Crippen LogP contribution >= 0.6 is 11.8 Å². The lowest BCUT2D eigenvalue weighted by molar-refractivity contribution is 0.394. The SMILES string of the molecule is C=C(C)CSC1=N[C@H]2CS(=O)(=O)C[C@@H]2N1c1ccc(OC)cc1OC. The highest BCUT2D eigenvalue weighted by Crippen LogP contribution is 2.41. The lowest BCUT2D eigenvalue weighted by Gasteiger charge is -2.28. The van der Waals surface area contributed by atoms with Gasteiger partial charge in [-0.2, -0.15) is 0 Å². The van der Waals surface area contributed by atoms with E-state index in [4.69, 9.17) is 14.5 Å². The molecule has 0 bridgehead atoms. The van der Waals surface area contributed by atoms with Gasteiger partial charge >= 0.3 is 0 Å². The van der Waals surface area contributed by atoms with Crippen molar-refractivity contribution in [1.29, 1.82) is 0 Å². The van der Waals surface area contributed by atoms with Crippen LogP contribution < -0.4 is 14.4 Å². The van der Waals surface area contributed by atoms with E-state index in [9.17, 15) is 8.42 Å². The highest BCUT2D eigenvalue weighted by atomic mass is 32.2. The number of ether oxygens (including phenoxy) is 2. The van der Waals surface area contributed by atoms with Crippen molar-refractivity contribution in [3.8, 4) is 11.5 Å². The third kappa shape index (κ3) is 3.64. The number of amidine groups is 1.